The van der Waals surface area contributed by atoms with Gasteiger partial charge in [-0.2, -0.15) is 13.2 Å². The molecule has 144 valence electrons. The molecule has 0 aliphatic rings. The summed E-state index contributed by atoms with van der Waals surface area (Å²) in [5, 5.41) is 0. The number of hydrogen-bond donors (Lipinski definition) is 1. The molecule has 0 aliphatic carbocycles. The van der Waals surface area contributed by atoms with Gasteiger partial charge in [-0.1, -0.05) is 18.2 Å². The van der Waals surface area contributed by atoms with Gasteiger partial charge in [0.1, 0.15) is 6.61 Å². The van der Waals surface area contributed by atoms with Gasteiger partial charge in [0, 0.05) is 6.54 Å². The number of benzene rings is 2. The molecule has 0 bridgehead atoms. The molecular weight excluding hydrogens is 388 g/mol. The Bertz CT molecular complexity index is 716. The van der Waals surface area contributed by atoms with Crippen molar-refractivity contribution in [3.8, 4) is 22.6 Å². The van der Waals surface area contributed by atoms with Gasteiger partial charge in [-0.3, -0.25) is 0 Å². The van der Waals surface area contributed by atoms with Crippen LogP contribution in [0.3, 0.4) is 0 Å². The van der Waals surface area contributed by atoms with Gasteiger partial charge in [-0.05, 0) is 35.4 Å². The zero-order valence-corrected chi connectivity index (χ0v) is 13.8. The van der Waals surface area contributed by atoms with Crippen LogP contribution >= 0.6 is 12.4 Å². The zero-order chi connectivity index (χ0) is 18.7. The average Bonchev–Trinajstić information content (AvgIpc) is 2.51. The average molecular weight is 402 g/mol. The molecule has 2 rings (SSSR count). The fraction of sp³-hybridized carbons (Fsp3) is 0.250. The van der Waals surface area contributed by atoms with E-state index in [1.807, 2.05) is 0 Å². The molecule has 0 unspecified atom stereocenters. The molecule has 0 heterocycles. The van der Waals surface area contributed by atoms with Gasteiger partial charge in [-0.15, -0.1) is 25.6 Å². The minimum atomic E-state index is -4.94. The first-order chi connectivity index (χ1) is 11.6. The van der Waals surface area contributed by atoms with Crippen molar-refractivity contribution in [1.29, 1.82) is 0 Å². The van der Waals surface area contributed by atoms with E-state index in [2.05, 4.69) is 4.74 Å². The minimum absolute atomic E-state index is 0. The van der Waals surface area contributed by atoms with E-state index >= 15 is 0 Å². The Balaban J connectivity index is 0.00000338. The molecule has 10 heteroatoms. The van der Waals surface area contributed by atoms with Crippen LogP contribution in [0.5, 0.6) is 11.5 Å². The van der Waals surface area contributed by atoms with Crippen LogP contribution in [0.1, 0.15) is 5.56 Å². The Morgan fingerprint density at radius 1 is 0.808 bits per heavy atom. The molecule has 2 aromatic carbocycles. The van der Waals surface area contributed by atoms with Crippen LogP contribution in [0.4, 0.5) is 26.3 Å². The number of nitrogens with two attached hydrogens (primary N) is 1. The highest BCUT2D eigenvalue weighted by molar-refractivity contribution is 5.85. The van der Waals surface area contributed by atoms with Gasteiger partial charge in [0.2, 0.25) is 0 Å². The molecule has 0 saturated carbocycles. The molecule has 2 aromatic rings. The predicted octanol–water partition coefficient (Wildman–Crippen LogP) is 5.03. The summed E-state index contributed by atoms with van der Waals surface area (Å²) in [5.41, 5.74) is 4.93. The fourth-order valence-corrected chi connectivity index (χ4v) is 2.03. The van der Waals surface area contributed by atoms with E-state index in [-0.39, 0.29) is 36.9 Å². The summed E-state index contributed by atoms with van der Waals surface area (Å²) in [4.78, 5) is 0. The Morgan fingerprint density at radius 2 is 1.38 bits per heavy atom. The Kier molecular flexibility index (Phi) is 7.16. The van der Waals surface area contributed by atoms with Crippen molar-refractivity contribution in [2.75, 3.05) is 13.2 Å². The van der Waals surface area contributed by atoms with E-state index in [1.54, 1.807) is 0 Å². The summed E-state index contributed by atoms with van der Waals surface area (Å²) in [6.07, 6.45) is -9.44. The smallest absolute Gasteiger partial charge is 0.488 e. The maximum absolute atomic E-state index is 12.6. The molecule has 3 nitrogen and oxygen atoms in total. The summed E-state index contributed by atoms with van der Waals surface area (Å²) in [6.45, 7) is 0.0694. The lowest BCUT2D eigenvalue weighted by molar-refractivity contribution is -0.275. The van der Waals surface area contributed by atoms with Crippen molar-refractivity contribution in [3.63, 3.8) is 0 Å². The van der Waals surface area contributed by atoms with E-state index in [0.29, 0.717) is 5.56 Å². The minimum Gasteiger partial charge on any atom is -0.488 e. The first-order valence-corrected chi connectivity index (χ1v) is 7.00. The van der Waals surface area contributed by atoms with Crippen molar-refractivity contribution >= 4 is 12.4 Å². The van der Waals surface area contributed by atoms with Gasteiger partial charge in [0.25, 0.3) is 0 Å². The fourth-order valence-electron chi connectivity index (χ4n) is 2.03. The topological polar surface area (TPSA) is 44.5 Å². The molecule has 0 atom stereocenters. The van der Waals surface area contributed by atoms with Crippen LogP contribution in [0.15, 0.2) is 42.5 Å². The molecule has 0 amide bonds. The lowest BCUT2D eigenvalue weighted by Crippen LogP contribution is -2.18. The normalized spacial score (nSPS) is 11.7. The van der Waals surface area contributed by atoms with Gasteiger partial charge in [0.05, 0.1) is 5.56 Å². The zero-order valence-electron chi connectivity index (χ0n) is 13.0. The van der Waals surface area contributed by atoms with E-state index in [9.17, 15) is 26.3 Å². The molecule has 0 aromatic heterocycles. The maximum atomic E-state index is 12.6. The summed E-state index contributed by atoms with van der Waals surface area (Å²) in [6, 6.07) is 7.71. The van der Waals surface area contributed by atoms with Gasteiger partial charge < -0.3 is 15.2 Å². The molecule has 0 aliphatic heterocycles. The first kappa shape index (κ1) is 21.9. The molecule has 2 N–H and O–H groups in total. The van der Waals surface area contributed by atoms with Crippen LogP contribution in [-0.2, 0) is 6.18 Å². The summed E-state index contributed by atoms with van der Waals surface area (Å²) >= 11 is 0. The molecule has 0 spiro atoms. The van der Waals surface area contributed by atoms with Crippen LogP contribution in [0.25, 0.3) is 11.1 Å². The number of halogens is 7. The van der Waals surface area contributed by atoms with Crippen molar-refractivity contribution in [2.45, 2.75) is 12.5 Å². The van der Waals surface area contributed by atoms with E-state index in [1.165, 1.54) is 12.1 Å². The van der Waals surface area contributed by atoms with Gasteiger partial charge in [0.15, 0.2) is 11.5 Å². The van der Waals surface area contributed by atoms with Crippen molar-refractivity contribution in [1.82, 2.24) is 0 Å². The maximum Gasteiger partial charge on any atom is 0.573 e. The summed E-state index contributed by atoms with van der Waals surface area (Å²) < 4.78 is 84.3. The third-order valence-corrected chi connectivity index (χ3v) is 3.09. The lowest BCUT2D eigenvalue weighted by Gasteiger charge is -2.15. The number of alkyl halides is 6. The Hall–Kier alpha value is -2.13. The lowest BCUT2D eigenvalue weighted by atomic mass is 10.0. The quantitative estimate of drug-likeness (QED) is 0.715. The van der Waals surface area contributed by atoms with Crippen LogP contribution in [0.2, 0.25) is 0 Å². The van der Waals surface area contributed by atoms with Crippen LogP contribution in [0, 0.1) is 0 Å². The van der Waals surface area contributed by atoms with Crippen molar-refractivity contribution in [2.24, 2.45) is 5.73 Å². The van der Waals surface area contributed by atoms with E-state index < -0.39 is 23.9 Å². The summed E-state index contributed by atoms with van der Waals surface area (Å²) in [5.74, 6) is -0.767. The summed E-state index contributed by atoms with van der Waals surface area (Å²) in [7, 11) is 0. The number of hydrogen-bond acceptors (Lipinski definition) is 3. The van der Waals surface area contributed by atoms with Gasteiger partial charge in [-0.25, -0.2) is 0 Å². The second-order valence-electron chi connectivity index (χ2n) is 4.92. The molecule has 26 heavy (non-hydrogen) atoms. The highest BCUT2D eigenvalue weighted by Crippen LogP contribution is 2.37. The molecule has 0 saturated heterocycles. The first-order valence-electron chi connectivity index (χ1n) is 7.00. The standard InChI is InChI=1S/C16H13F6NO2.ClH/c17-15(18,19)12-4-1-10(2-5-12)11-3-6-13(24-8-7-23)14(9-11)25-16(20,21)22;/h1-6,9H,7-8,23H2;1H. The molecular formula is C16H14ClF6NO2. The third kappa shape index (κ3) is 5.99. The second-order valence-corrected chi connectivity index (χ2v) is 4.92. The van der Waals surface area contributed by atoms with E-state index in [4.69, 9.17) is 10.5 Å². The van der Waals surface area contributed by atoms with E-state index in [0.717, 1.165) is 30.3 Å². The van der Waals surface area contributed by atoms with Crippen LogP contribution < -0.4 is 15.2 Å². The molecule has 0 fully saturated rings. The van der Waals surface area contributed by atoms with Gasteiger partial charge >= 0.3 is 12.5 Å². The predicted molar refractivity (Wildman–Crippen MR) is 85.4 cm³/mol. The highest BCUT2D eigenvalue weighted by atomic mass is 35.5. The third-order valence-electron chi connectivity index (χ3n) is 3.09. The Labute approximate surface area is 151 Å². The van der Waals surface area contributed by atoms with Crippen molar-refractivity contribution in [3.05, 3.63) is 48.0 Å². The second kappa shape index (κ2) is 8.50. The molecule has 0 radical (unpaired) electrons. The monoisotopic (exact) mass is 401 g/mol. The van der Waals surface area contributed by atoms with Crippen molar-refractivity contribution < 1.29 is 35.8 Å². The number of rotatable bonds is 5. The van der Waals surface area contributed by atoms with Crippen LogP contribution in [-0.4, -0.2) is 19.5 Å². The Morgan fingerprint density at radius 3 is 1.88 bits per heavy atom. The number of ether oxygens (including phenoxy) is 2. The largest absolute Gasteiger partial charge is 0.573 e. The highest BCUT2D eigenvalue weighted by Gasteiger charge is 2.33. The SMILES string of the molecule is Cl.NCCOc1ccc(-c2ccc(C(F)(F)F)cc2)cc1OC(F)(F)F.